The molecule has 92 valence electrons. The number of nitrogens with one attached hydrogen (secondary N) is 1. The van der Waals surface area contributed by atoms with Gasteiger partial charge in [0.1, 0.15) is 5.78 Å². The summed E-state index contributed by atoms with van der Waals surface area (Å²) >= 11 is 0. The van der Waals surface area contributed by atoms with Gasteiger partial charge in [0.05, 0.1) is 6.04 Å². The second kappa shape index (κ2) is 5.46. The molecule has 1 saturated heterocycles. The van der Waals surface area contributed by atoms with Gasteiger partial charge < -0.3 is 5.32 Å². The van der Waals surface area contributed by atoms with E-state index in [1.165, 1.54) is 16.7 Å². The Balaban J connectivity index is 1.90. The van der Waals surface area contributed by atoms with Gasteiger partial charge in [0.2, 0.25) is 0 Å². The van der Waals surface area contributed by atoms with Crippen molar-refractivity contribution in [3.05, 3.63) is 34.9 Å². The van der Waals surface area contributed by atoms with Crippen molar-refractivity contribution in [3.63, 3.8) is 0 Å². The summed E-state index contributed by atoms with van der Waals surface area (Å²) in [5.74, 6) is 0.377. The second-order valence-corrected chi connectivity index (χ2v) is 5.11. The van der Waals surface area contributed by atoms with Crippen LogP contribution in [0.4, 0.5) is 0 Å². The van der Waals surface area contributed by atoms with Crippen LogP contribution in [0, 0.1) is 13.8 Å². The number of rotatable bonds is 4. The Labute approximate surface area is 103 Å². The normalized spacial score (nSPS) is 19.5. The number of Topliss-reactive ketones (excluding diaryl/α,β-unsaturated/α-hetero) is 1. The molecule has 1 aliphatic rings. The molecule has 0 bridgehead atoms. The quantitative estimate of drug-likeness (QED) is 0.863. The molecule has 0 saturated carbocycles. The van der Waals surface area contributed by atoms with Gasteiger partial charge in [0.25, 0.3) is 0 Å². The Morgan fingerprint density at radius 3 is 2.59 bits per heavy atom. The van der Waals surface area contributed by atoms with Crippen molar-refractivity contribution < 1.29 is 4.79 Å². The number of hydrogen-bond acceptors (Lipinski definition) is 2. The van der Waals surface area contributed by atoms with Crippen molar-refractivity contribution in [2.45, 2.75) is 45.6 Å². The highest BCUT2D eigenvalue weighted by Gasteiger charge is 2.21. The average molecular weight is 231 g/mol. The number of aryl methyl sites for hydroxylation is 3. The van der Waals surface area contributed by atoms with E-state index >= 15 is 0 Å². The first kappa shape index (κ1) is 12.3. The molecule has 0 spiro atoms. The highest BCUT2D eigenvalue weighted by molar-refractivity contribution is 5.84. The molecular formula is C15H21NO. The van der Waals surface area contributed by atoms with E-state index in [9.17, 15) is 4.79 Å². The molecule has 2 heteroatoms. The fraction of sp³-hybridized carbons (Fsp3) is 0.533. The summed E-state index contributed by atoms with van der Waals surface area (Å²) in [6.07, 6.45) is 3.70. The van der Waals surface area contributed by atoms with Gasteiger partial charge in [-0.2, -0.15) is 0 Å². The van der Waals surface area contributed by atoms with Crippen molar-refractivity contribution in [3.8, 4) is 0 Å². The van der Waals surface area contributed by atoms with E-state index in [1.807, 2.05) is 0 Å². The van der Waals surface area contributed by atoms with Crippen molar-refractivity contribution in [2.75, 3.05) is 6.54 Å². The third kappa shape index (κ3) is 3.40. The third-order valence-electron chi connectivity index (χ3n) is 3.39. The Hall–Kier alpha value is -1.15. The number of carbonyl (C=O) groups is 1. The molecular weight excluding hydrogens is 210 g/mol. The summed E-state index contributed by atoms with van der Waals surface area (Å²) in [7, 11) is 0. The molecule has 0 aliphatic carbocycles. The van der Waals surface area contributed by atoms with Gasteiger partial charge in [-0.25, -0.2) is 0 Å². The molecule has 0 aromatic heterocycles. The van der Waals surface area contributed by atoms with Crippen molar-refractivity contribution in [1.29, 1.82) is 0 Å². The van der Waals surface area contributed by atoms with Crippen LogP contribution in [0.3, 0.4) is 0 Å². The highest BCUT2D eigenvalue weighted by Crippen LogP contribution is 2.13. The lowest BCUT2D eigenvalue weighted by molar-refractivity contribution is -0.120. The molecule has 1 heterocycles. The Morgan fingerprint density at radius 1 is 1.29 bits per heavy atom. The third-order valence-corrected chi connectivity index (χ3v) is 3.39. The second-order valence-electron chi connectivity index (χ2n) is 5.11. The lowest BCUT2D eigenvalue weighted by Crippen LogP contribution is -2.30. The van der Waals surface area contributed by atoms with E-state index in [1.54, 1.807) is 0 Å². The molecule has 1 atom stereocenters. The number of ketones is 1. The van der Waals surface area contributed by atoms with E-state index in [-0.39, 0.29) is 6.04 Å². The summed E-state index contributed by atoms with van der Waals surface area (Å²) in [5, 5.41) is 3.27. The molecule has 17 heavy (non-hydrogen) atoms. The molecule has 2 nitrogen and oxygen atoms in total. The van der Waals surface area contributed by atoms with Crippen LogP contribution >= 0.6 is 0 Å². The van der Waals surface area contributed by atoms with E-state index in [0.717, 1.165) is 25.8 Å². The van der Waals surface area contributed by atoms with Crippen LogP contribution in [0.15, 0.2) is 18.2 Å². The van der Waals surface area contributed by atoms with E-state index in [2.05, 4.69) is 37.4 Å². The van der Waals surface area contributed by atoms with Crippen LogP contribution in [0.5, 0.6) is 0 Å². The minimum Gasteiger partial charge on any atom is -0.307 e. The molecule has 1 aromatic carbocycles. The van der Waals surface area contributed by atoms with Gasteiger partial charge in [0.15, 0.2) is 0 Å². The van der Waals surface area contributed by atoms with Gasteiger partial charge in [0, 0.05) is 6.42 Å². The Morgan fingerprint density at radius 2 is 2.00 bits per heavy atom. The monoisotopic (exact) mass is 231 g/mol. The lowest BCUT2D eigenvalue weighted by Gasteiger charge is -2.09. The summed E-state index contributed by atoms with van der Waals surface area (Å²) < 4.78 is 0. The first-order valence-corrected chi connectivity index (χ1v) is 6.48. The van der Waals surface area contributed by atoms with E-state index in [4.69, 9.17) is 0 Å². The van der Waals surface area contributed by atoms with Crippen LogP contribution in [0.2, 0.25) is 0 Å². The molecule has 1 aliphatic heterocycles. The zero-order chi connectivity index (χ0) is 12.3. The highest BCUT2D eigenvalue weighted by atomic mass is 16.1. The van der Waals surface area contributed by atoms with Crippen molar-refractivity contribution >= 4 is 5.78 Å². The van der Waals surface area contributed by atoms with Gasteiger partial charge >= 0.3 is 0 Å². The van der Waals surface area contributed by atoms with Crippen molar-refractivity contribution in [2.24, 2.45) is 0 Å². The molecule has 1 N–H and O–H groups in total. The SMILES string of the molecule is Cc1cc(C)cc(CCC(=O)C2CCCN2)c1. The van der Waals surface area contributed by atoms with Crippen LogP contribution < -0.4 is 5.32 Å². The van der Waals surface area contributed by atoms with Gasteiger partial charge in [-0.15, -0.1) is 0 Å². The van der Waals surface area contributed by atoms with Gasteiger partial charge in [-0.05, 0) is 45.2 Å². The number of hydrogen-bond donors (Lipinski definition) is 1. The molecule has 1 unspecified atom stereocenters. The smallest absolute Gasteiger partial charge is 0.150 e. The van der Waals surface area contributed by atoms with Gasteiger partial charge in [-0.1, -0.05) is 29.3 Å². The average Bonchev–Trinajstić information content (AvgIpc) is 2.78. The Kier molecular flexibility index (Phi) is 3.95. The minimum atomic E-state index is 0.126. The van der Waals surface area contributed by atoms with Crippen LogP contribution in [0.1, 0.15) is 36.0 Å². The first-order chi connectivity index (χ1) is 8.15. The summed E-state index contributed by atoms with van der Waals surface area (Å²) in [4.78, 5) is 11.9. The molecule has 1 aromatic rings. The maximum absolute atomic E-state index is 11.9. The maximum atomic E-state index is 11.9. The van der Waals surface area contributed by atoms with Crippen molar-refractivity contribution in [1.82, 2.24) is 5.32 Å². The van der Waals surface area contributed by atoms with E-state index in [0.29, 0.717) is 12.2 Å². The predicted molar refractivity (Wildman–Crippen MR) is 70.3 cm³/mol. The number of benzene rings is 1. The zero-order valence-corrected chi connectivity index (χ0v) is 10.8. The minimum absolute atomic E-state index is 0.126. The summed E-state index contributed by atoms with van der Waals surface area (Å²) in [6.45, 7) is 5.22. The fourth-order valence-corrected chi connectivity index (χ4v) is 2.61. The summed E-state index contributed by atoms with van der Waals surface area (Å²) in [5.41, 5.74) is 3.85. The maximum Gasteiger partial charge on any atom is 0.150 e. The predicted octanol–water partition coefficient (Wildman–Crippen LogP) is 2.56. The van der Waals surface area contributed by atoms with Crippen LogP contribution in [0.25, 0.3) is 0 Å². The zero-order valence-electron chi connectivity index (χ0n) is 10.8. The van der Waals surface area contributed by atoms with Crippen LogP contribution in [-0.4, -0.2) is 18.4 Å². The largest absolute Gasteiger partial charge is 0.307 e. The summed E-state index contributed by atoms with van der Waals surface area (Å²) in [6, 6.07) is 6.66. The topological polar surface area (TPSA) is 29.1 Å². The molecule has 1 fully saturated rings. The standard InChI is InChI=1S/C15H21NO/c1-11-8-12(2)10-13(9-11)5-6-15(17)14-4-3-7-16-14/h8-10,14,16H,3-7H2,1-2H3. The first-order valence-electron chi connectivity index (χ1n) is 6.48. The fourth-order valence-electron chi connectivity index (χ4n) is 2.61. The molecule has 2 rings (SSSR count). The van der Waals surface area contributed by atoms with Crippen LogP contribution in [-0.2, 0) is 11.2 Å². The van der Waals surface area contributed by atoms with E-state index < -0.39 is 0 Å². The lowest BCUT2D eigenvalue weighted by atomic mass is 10.00. The molecule has 0 radical (unpaired) electrons. The van der Waals surface area contributed by atoms with Gasteiger partial charge in [-0.3, -0.25) is 4.79 Å². The Bertz CT molecular complexity index is 385. The molecule has 0 amide bonds. The number of carbonyl (C=O) groups excluding carboxylic acids is 1.